The van der Waals surface area contributed by atoms with E-state index in [1.165, 1.54) is 0 Å². The first kappa shape index (κ1) is 15.8. The Morgan fingerprint density at radius 1 is 1.04 bits per heavy atom. The second kappa shape index (κ2) is 7.00. The average Bonchev–Trinajstić information content (AvgIpc) is 2.62. The molecule has 1 amide bonds. The lowest BCUT2D eigenvalue weighted by Gasteiger charge is -2.33. The molecule has 0 unspecified atom stereocenters. The van der Waals surface area contributed by atoms with Crippen LogP contribution in [0.2, 0.25) is 0 Å². The predicted octanol–water partition coefficient (Wildman–Crippen LogP) is 1.46. The number of carboxylic acids is 1. The molecule has 1 aromatic carbocycles. The van der Waals surface area contributed by atoms with Crippen molar-refractivity contribution in [2.45, 2.75) is 12.8 Å². The van der Waals surface area contributed by atoms with Crippen LogP contribution in [0.3, 0.4) is 0 Å². The SMILES string of the molecule is O=C(O)C1CCN(C(=O)c2ccccc2N2CCOCC2)CC1. The lowest BCUT2D eigenvalue weighted by atomic mass is 9.96. The minimum absolute atomic E-state index is 0.00377. The van der Waals surface area contributed by atoms with Crippen molar-refractivity contribution < 1.29 is 19.4 Å². The highest BCUT2D eigenvalue weighted by Crippen LogP contribution is 2.25. The van der Waals surface area contributed by atoms with Gasteiger partial charge in [-0.05, 0) is 25.0 Å². The van der Waals surface area contributed by atoms with Gasteiger partial charge in [-0.2, -0.15) is 0 Å². The molecule has 2 aliphatic heterocycles. The smallest absolute Gasteiger partial charge is 0.306 e. The molecule has 6 nitrogen and oxygen atoms in total. The molecule has 0 aliphatic carbocycles. The van der Waals surface area contributed by atoms with Gasteiger partial charge >= 0.3 is 5.97 Å². The van der Waals surface area contributed by atoms with Crippen LogP contribution in [0.1, 0.15) is 23.2 Å². The number of ether oxygens (including phenoxy) is 1. The van der Waals surface area contributed by atoms with Gasteiger partial charge in [-0.3, -0.25) is 9.59 Å². The van der Waals surface area contributed by atoms with Crippen LogP contribution < -0.4 is 4.90 Å². The van der Waals surface area contributed by atoms with Gasteiger partial charge < -0.3 is 19.6 Å². The summed E-state index contributed by atoms with van der Waals surface area (Å²) < 4.78 is 5.38. The Hall–Kier alpha value is -2.08. The summed E-state index contributed by atoms with van der Waals surface area (Å²) in [5, 5.41) is 9.07. The molecular formula is C17H22N2O4. The molecule has 6 heteroatoms. The van der Waals surface area contributed by atoms with Crippen LogP contribution >= 0.6 is 0 Å². The number of anilines is 1. The maximum atomic E-state index is 12.9. The van der Waals surface area contributed by atoms with Crippen molar-refractivity contribution >= 4 is 17.6 Å². The van der Waals surface area contributed by atoms with Gasteiger partial charge in [0.1, 0.15) is 0 Å². The topological polar surface area (TPSA) is 70.1 Å². The number of amides is 1. The van der Waals surface area contributed by atoms with E-state index in [4.69, 9.17) is 9.84 Å². The molecule has 2 aliphatic rings. The molecule has 0 radical (unpaired) electrons. The van der Waals surface area contributed by atoms with Crippen LogP contribution in [0.4, 0.5) is 5.69 Å². The molecule has 1 aromatic rings. The van der Waals surface area contributed by atoms with Crippen molar-refractivity contribution in [1.29, 1.82) is 0 Å². The van der Waals surface area contributed by atoms with Crippen molar-refractivity contribution in [3.8, 4) is 0 Å². The van der Waals surface area contributed by atoms with E-state index in [1.807, 2.05) is 24.3 Å². The Bertz CT molecular complexity index is 576. The number of piperidine rings is 1. The van der Waals surface area contributed by atoms with Gasteiger partial charge in [0.05, 0.1) is 24.7 Å². The van der Waals surface area contributed by atoms with E-state index in [0.717, 1.165) is 18.8 Å². The van der Waals surface area contributed by atoms with Crippen molar-refractivity contribution in [1.82, 2.24) is 4.90 Å². The Balaban J connectivity index is 1.74. The molecule has 1 N–H and O–H groups in total. The second-order valence-electron chi connectivity index (χ2n) is 6.02. The standard InChI is InChI=1S/C17H22N2O4/c20-16(19-7-5-13(6-8-19)17(21)22)14-3-1-2-4-15(14)18-9-11-23-12-10-18/h1-4,13H,5-12H2,(H,21,22). The van der Waals surface area contributed by atoms with Crippen molar-refractivity contribution in [2.24, 2.45) is 5.92 Å². The zero-order valence-corrected chi connectivity index (χ0v) is 13.1. The number of carbonyl (C=O) groups excluding carboxylic acids is 1. The van der Waals surface area contributed by atoms with Crippen molar-refractivity contribution in [2.75, 3.05) is 44.3 Å². The maximum Gasteiger partial charge on any atom is 0.306 e. The number of morpholine rings is 1. The first-order valence-electron chi connectivity index (χ1n) is 8.10. The summed E-state index contributed by atoms with van der Waals surface area (Å²) in [4.78, 5) is 27.9. The molecule has 2 heterocycles. The van der Waals surface area contributed by atoms with Crippen LogP contribution in [0, 0.1) is 5.92 Å². The summed E-state index contributed by atoms with van der Waals surface area (Å²) >= 11 is 0. The lowest BCUT2D eigenvalue weighted by Crippen LogP contribution is -2.42. The number of aliphatic carboxylic acids is 1. The summed E-state index contributed by atoms with van der Waals surface area (Å²) in [6.45, 7) is 3.93. The van der Waals surface area contributed by atoms with Crippen LogP contribution in [0.25, 0.3) is 0 Å². The molecular weight excluding hydrogens is 296 g/mol. The Morgan fingerprint density at radius 3 is 2.35 bits per heavy atom. The second-order valence-corrected chi connectivity index (χ2v) is 6.02. The van der Waals surface area contributed by atoms with Crippen molar-refractivity contribution in [3.05, 3.63) is 29.8 Å². The van der Waals surface area contributed by atoms with Gasteiger partial charge in [0.25, 0.3) is 5.91 Å². The van der Waals surface area contributed by atoms with Crippen molar-refractivity contribution in [3.63, 3.8) is 0 Å². The zero-order valence-electron chi connectivity index (χ0n) is 13.1. The highest BCUT2D eigenvalue weighted by molar-refractivity contribution is 6.00. The zero-order chi connectivity index (χ0) is 16.2. The molecule has 3 rings (SSSR count). The third kappa shape index (κ3) is 3.47. The molecule has 0 spiro atoms. The number of rotatable bonds is 3. The maximum absolute atomic E-state index is 12.9. The molecule has 23 heavy (non-hydrogen) atoms. The summed E-state index contributed by atoms with van der Waals surface area (Å²) in [7, 11) is 0. The monoisotopic (exact) mass is 318 g/mol. The summed E-state index contributed by atoms with van der Waals surface area (Å²) in [5.41, 5.74) is 1.64. The molecule has 0 atom stereocenters. The highest BCUT2D eigenvalue weighted by atomic mass is 16.5. The summed E-state index contributed by atoms with van der Waals surface area (Å²) in [6, 6.07) is 7.65. The largest absolute Gasteiger partial charge is 0.481 e. The highest BCUT2D eigenvalue weighted by Gasteiger charge is 2.29. The molecule has 2 saturated heterocycles. The normalized spacial score (nSPS) is 19.7. The third-order valence-electron chi connectivity index (χ3n) is 4.62. The van der Waals surface area contributed by atoms with E-state index in [-0.39, 0.29) is 11.8 Å². The van der Waals surface area contributed by atoms with Crippen LogP contribution in [0.5, 0.6) is 0 Å². The molecule has 0 aromatic heterocycles. The molecule has 2 fully saturated rings. The van der Waals surface area contributed by atoms with Gasteiger partial charge in [0.2, 0.25) is 0 Å². The summed E-state index contributed by atoms with van der Waals surface area (Å²) in [5.74, 6) is -1.09. The number of para-hydroxylation sites is 1. The quantitative estimate of drug-likeness (QED) is 0.914. The number of nitrogens with zero attached hydrogens (tertiary/aromatic N) is 2. The predicted molar refractivity (Wildman–Crippen MR) is 85.7 cm³/mol. The lowest BCUT2D eigenvalue weighted by molar-refractivity contribution is -0.143. The van der Waals surface area contributed by atoms with E-state index in [1.54, 1.807) is 4.90 Å². The fraction of sp³-hybridized carbons (Fsp3) is 0.529. The first-order valence-corrected chi connectivity index (χ1v) is 8.10. The third-order valence-corrected chi connectivity index (χ3v) is 4.62. The van der Waals surface area contributed by atoms with Crippen LogP contribution in [-0.2, 0) is 9.53 Å². The fourth-order valence-corrected chi connectivity index (χ4v) is 3.23. The van der Waals surface area contributed by atoms with Gasteiger partial charge in [-0.15, -0.1) is 0 Å². The first-order chi connectivity index (χ1) is 11.2. The molecule has 0 bridgehead atoms. The Kier molecular flexibility index (Phi) is 4.81. The Morgan fingerprint density at radius 2 is 1.70 bits per heavy atom. The van der Waals surface area contributed by atoms with E-state index < -0.39 is 5.97 Å². The average molecular weight is 318 g/mol. The number of hydrogen-bond acceptors (Lipinski definition) is 4. The minimum Gasteiger partial charge on any atom is -0.481 e. The number of carbonyl (C=O) groups is 2. The van der Waals surface area contributed by atoms with Gasteiger partial charge in [0.15, 0.2) is 0 Å². The number of benzene rings is 1. The molecule has 0 saturated carbocycles. The van der Waals surface area contributed by atoms with E-state index in [0.29, 0.717) is 44.7 Å². The Labute approximate surface area is 135 Å². The summed E-state index contributed by atoms with van der Waals surface area (Å²) in [6.07, 6.45) is 1.06. The number of likely N-dealkylation sites (tertiary alicyclic amines) is 1. The molecule has 124 valence electrons. The van der Waals surface area contributed by atoms with Gasteiger partial charge in [-0.1, -0.05) is 12.1 Å². The number of carboxylic acid groups (broad SMARTS) is 1. The van der Waals surface area contributed by atoms with E-state index in [9.17, 15) is 9.59 Å². The fourth-order valence-electron chi connectivity index (χ4n) is 3.23. The van der Waals surface area contributed by atoms with Crippen LogP contribution in [0.15, 0.2) is 24.3 Å². The van der Waals surface area contributed by atoms with E-state index >= 15 is 0 Å². The van der Waals surface area contributed by atoms with Crippen LogP contribution in [-0.4, -0.2) is 61.3 Å². The minimum atomic E-state index is -0.759. The van der Waals surface area contributed by atoms with Gasteiger partial charge in [-0.25, -0.2) is 0 Å². The van der Waals surface area contributed by atoms with E-state index in [2.05, 4.69) is 4.90 Å². The number of hydrogen-bond donors (Lipinski definition) is 1. The van der Waals surface area contributed by atoms with Gasteiger partial charge in [0, 0.05) is 31.9 Å².